The average Bonchev–Trinajstić information content (AvgIpc) is 3.45. The van der Waals surface area contributed by atoms with Crippen LogP contribution in [0.3, 0.4) is 0 Å². The van der Waals surface area contributed by atoms with Gasteiger partial charge in [-0.05, 0) is 87.4 Å². The van der Waals surface area contributed by atoms with E-state index in [0.717, 1.165) is 28.3 Å². The van der Waals surface area contributed by atoms with Crippen LogP contribution in [0.15, 0.2) is 69.6 Å². The number of hydrogen-bond donors (Lipinski definition) is 0. The Kier molecular flexibility index (Phi) is 8.32. The van der Waals surface area contributed by atoms with E-state index in [1.807, 2.05) is 33.2 Å². The van der Waals surface area contributed by atoms with Crippen LogP contribution in [0.5, 0.6) is 11.5 Å². The van der Waals surface area contributed by atoms with Gasteiger partial charge in [0, 0.05) is 36.9 Å². The second-order valence-corrected chi connectivity index (χ2v) is 11.5. The molecule has 0 spiro atoms. The predicted octanol–water partition coefficient (Wildman–Crippen LogP) is 4.29. The zero-order valence-electron chi connectivity index (χ0n) is 25.7. The third kappa shape index (κ3) is 5.38. The minimum Gasteiger partial charge on any atom is -0.493 e. The SMILES string of the molecule is CCOC(=O)C1=C(C)N=c2s/c(=C/c3cc(C)n(-c4ccc(N(C)C)cc4)c3C)c(=O)n2[C@@H]1c1ccc(OC)c(OC)c1. The fraction of sp³-hybridized carbons (Fsp3) is 0.303. The van der Waals surface area contributed by atoms with Crippen LogP contribution in [0.4, 0.5) is 5.69 Å². The molecular formula is C33H36N4O5S. The number of thiazole rings is 1. The van der Waals surface area contributed by atoms with Gasteiger partial charge in [-0.15, -0.1) is 0 Å². The number of allylic oxidation sites excluding steroid dienone is 1. The van der Waals surface area contributed by atoms with Gasteiger partial charge in [0.1, 0.15) is 0 Å². The minimum absolute atomic E-state index is 0.201. The monoisotopic (exact) mass is 600 g/mol. The standard InChI is InChI=1S/C33H36N4O5S/c1-9-42-32(39)29-20(3)34-33-37(30(29)22-10-15-26(40-7)27(17-22)41-8)31(38)28(43-33)18-23-16-19(2)36(21(23)4)25-13-11-24(12-14-25)35(5)6/h10-18,30H,9H2,1-8H3/b28-18+/t30-/m1/s1. The molecule has 0 saturated carbocycles. The molecule has 4 aromatic rings. The number of rotatable bonds is 8. The summed E-state index contributed by atoms with van der Waals surface area (Å²) in [6.45, 7) is 7.82. The third-order valence-corrected chi connectivity index (χ3v) is 8.60. The van der Waals surface area contributed by atoms with Crippen LogP contribution in [0.1, 0.15) is 42.4 Å². The van der Waals surface area contributed by atoms with E-state index in [2.05, 4.69) is 46.7 Å². The lowest BCUT2D eigenvalue weighted by Crippen LogP contribution is -2.40. The van der Waals surface area contributed by atoms with Crippen LogP contribution < -0.4 is 29.3 Å². The van der Waals surface area contributed by atoms with Gasteiger partial charge in [0.05, 0.1) is 42.7 Å². The Hall–Kier alpha value is -4.57. The molecule has 5 rings (SSSR count). The molecule has 2 aromatic heterocycles. The normalized spacial score (nSPS) is 14.8. The maximum Gasteiger partial charge on any atom is 0.338 e. The molecule has 0 bridgehead atoms. The number of aryl methyl sites for hydroxylation is 1. The van der Waals surface area contributed by atoms with Crippen molar-refractivity contribution >= 4 is 29.1 Å². The van der Waals surface area contributed by atoms with Gasteiger partial charge in [-0.3, -0.25) is 9.36 Å². The fourth-order valence-corrected chi connectivity index (χ4v) is 6.54. The summed E-state index contributed by atoms with van der Waals surface area (Å²) < 4.78 is 20.7. The van der Waals surface area contributed by atoms with E-state index in [0.29, 0.717) is 37.7 Å². The molecular weight excluding hydrogens is 564 g/mol. The first kappa shape index (κ1) is 29.9. The highest BCUT2D eigenvalue weighted by molar-refractivity contribution is 7.07. The van der Waals surface area contributed by atoms with Crippen LogP contribution >= 0.6 is 11.3 Å². The van der Waals surface area contributed by atoms with E-state index in [1.165, 1.54) is 11.3 Å². The van der Waals surface area contributed by atoms with Crippen LogP contribution in [-0.2, 0) is 9.53 Å². The Morgan fingerprint density at radius 3 is 2.35 bits per heavy atom. The van der Waals surface area contributed by atoms with Crippen LogP contribution in [-0.4, -0.2) is 50.0 Å². The van der Waals surface area contributed by atoms with Crippen molar-refractivity contribution in [1.29, 1.82) is 0 Å². The fourth-order valence-electron chi connectivity index (χ4n) is 5.50. The molecule has 0 saturated heterocycles. The number of methoxy groups -OCH3 is 2. The Bertz CT molecular complexity index is 1910. The van der Waals surface area contributed by atoms with Crippen molar-refractivity contribution in [2.24, 2.45) is 4.99 Å². The molecule has 1 aliphatic heterocycles. The van der Waals surface area contributed by atoms with E-state index >= 15 is 0 Å². The van der Waals surface area contributed by atoms with Gasteiger partial charge >= 0.3 is 5.97 Å². The Morgan fingerprint density at radius 2 is 1.72 bits per heavy atom. The highest BCUT2D eigenvalue weighted by Gasteiger charge is 2.34. The molecule has 0 aliphatic carbocycles. The lowest BCUT2D eigenvalue weighted by Gasteiger charge is -2.25. The molecule has 2 aromatic carbocycles. The highest BCUT2D eigenvalue weighted by atomic mass is 32.1. The summed E-state index contributed by atoms with van der Waals surface area (Å²) in [6.07, 6.45) is 1.91. The Morgan fingerprint density at radius 1 is 1.02 bits per heavy atom. The number of fused-ring (bicyclic) bond motifs is 1. The maximum atomic E-state index is 14.1. The van der Waals surface area contributed by atoms with Crippen molar-refractivity contribution in [3.63, 3.8) is 0 Å². The molecule has 1 aliphatic rings. The van der Waals surface area contributed by atoms with Crippen molar-refractivity contribution < 1.29 is 19.0 Å². The molecule has 1 atom stereocenters. The van der Waals surface area contributed by atoms with Gasteiger partial charge in [-0.1, -0.05) is 17.4 Å². The van der Waals surface area contributed by atoms with E-state index in [1.54, 1.807) is 44.8 Å². The summed E-state index contributed by atoms with van der Waals surface area (Å²) in [4.78, 5) is 34.6. The summed E-state index contributed by atoms with van der Waals surface area (Å²) >= 11 is 1.30. The number of carbonyl (C=O) groups excluding carboxylic acids is 1. The van der Waals surface area contributed by atoms with Crippen LogP contribution in [0, 0.1) is 13.8 Å². The second kappa shape index (κ2) is 12.0. The highest BCUT2D eigenvalue weighted by Crippen LogP contribution is 2.36. The number of aromatic nitrogens is 2. The summed E-state index contributed by atoms with van der Waals surface area (Å²) in [7, 11) is 7.14. The number of anilines is 1. The summed E-state index contributed by atoms with van der Waals surface area (Å²) in [5.74, 6) is 0.524. The molecule has 9 nitrogen and oxygen atoms in total. The number of nitrogens with zero attached hydrogens (tertiary/aromatic N) is 4. The predicted molar refractivity (Wildman–Crippen MR) is 170 cm³/mol. The summed E-state index contributed by atoms with van der Waals surface area (Å²) in [6, 6.07) is 15.1. The Balaban J connectivity index is 1.67. The molecule has 0 amide bonds. The van der Waals surface area contributed by atoms with Crippen LogP contribution in [0.25, 0.3) is 11.8 Å². The maximum absolute atomic E-state index is 14.1. The van der Waals surface area contributed by atoms with E-state index in [9.17, 15) is 9.59 Å². The molecule has 10 heteroatoms. The van der Waals surface area contributed by atoms with Crippen molar-refractivity contribution in [3.8, 4) is 17.2 Å². The number of benzene rings is 2. The smallest absolute Gasteiger partial charge is 0.338 e. The molecule has 0 radical (unpaired) electrons. The first-order valence-electron chi connectivity index (χ1n) is 14.0. The summed E-state index contributed by atoms with van der Waals surface area (Å²) in [5.41, 5.74) is 6.43. The zero-order chi connectivity index (χ0) is 31.0. The lowest BCUT2D eigenvalue weighted by atomic mass is 9.95. The third-order valence-electron chi connectivity index (χ3n) is 7.62. The average molecular weight is 601 g/mol. The van der Waals surface area contributed by atoms with Gasteiger partial charge in [-0.25, -0.2) is 9.79 Å². The summed E-state index contributed by atoms with van der Waals surface area (Å²) in [5, 5.41) is 0. The number of ether oxygens (including phenoxy) is 3. The van der Waals surface area contributed by atoms with Crippen molar-refractivity contribution in [3.05, 3.63) is 102 Å². The van der Waals surface area contributed by atoms with Crippen LogP contribution in [0.2, 0.25) is 0 Å². The van der Waals surface area contributed by atoms with E-state index in [4.69, 9.17) is 19.2 Å². The molecule has 0 fully saturated rings. The van der Waals surface area contributed by atoms with Crippen molar-refractivity contribution in [2.75, 3.05) is 39.8 Å². The molecule has 0 N–H and O–H groups in total. The first-order valence-corrected chi connectivity index (χ1v) is 14.8. The molecule has 224 valence electrons. The van der Waals surface area contributed by atoms with Gasteiger partial charge in [-0.2, -0.15) is 0 Å². The molecule has 3 heterocycles. The minimum atomic E-state index is -0.750. The van der Waals surface area contributed by atoms with Gasteiger partial charge in [0.2, 0.25) is 0 Å². The number of carbonyl (C=O) groups is 1. The van der Waals surface area contributed by atoms with E-state index < -0.39 is 12.0 Å². The molecule has 43 heavy (non-hydrogen) atoms. The van der Waals surface area contributed by atoms with Gasteiger partial charge < -0.3 is 23.7 Å². The quantitative estimate of drug-likeness (QED) is 0.281. The van der Waals surface area contributed by atoms with E-state index in [-0.39, 0.29) is 12.2 Å². The second-order valence-electron chi connectivity index (χ2n) is 10.5. The van der Waals surface area contributed by atoms with Crippen molar-refractivity contribution in [2.45, 2.75) is 33.7 Å². The van der Waals surface area contributed by atoms with Gasteiger partial charge in [0.25, 0.3) is 5.56 Å². The van der Waals surface area contributed by atoms with Gasteiger partial charge in [0.15, 0.2) is 16.3 Å². The topological polar surface area (TPSA) is 87.3 Å². The lowest BCUT2D eigenvalue weighted by molar-refractivity contribution is -0.139. The largest absolute Gasteiger partial charge is 0.493 e. The molecule has 0 unspecified atom stereocenters. The zero-order valence-corrected chi connectivity index (χ0v) is 26.5. The number of hydrogen-bond acceptors (Lipinski definition) is 8. The van der Waals surface area contributed by atoms with Crippen molar-refractivity contribution in [1.82, 2.24) is 9.13 Å². The first-order chi connectivity index (χ1) is 20.6. The number of esters is 1. The Labute approximate surface area is 254 Å².